The fraction of sp³-hybridized carbons (Fsp3) is 0.429. The van der Waals surface area contributed by atoms with E-state index in [2.05, 4.69) is 23.8 Å². The third-order valence-electron chi connectivity index (χ3n) is 3.94. The molecule has 0 radical (unpaired) electrons. The molecule has 1 saturated heterocycles. The number of nitrogens with zero attached hydrogens (tertiary/aromatic N) is 2. The Labute approximate surface area is 106 Å². The lowest BCUT2D eigenvalue weighted by atomic mass is 10.0. The molecule has 1 aromatic heterocycles. The van der Waals surface area contributed by atoms with E-state index in [0.29, 0.717) is 11.8 Å². The number of imidazole rings is 1. The number of aromatic amines is 1. The normalized spacial score (nSPS) is 23.8. The lowest BCUT2D eigenvalue weighted by Gasteiger charge is -2.15. The lowest BCUT2D eigenvalue weighted by molar-refractivity contribution is 0.0785. The number of benzene rings is 1. The lowest BCUT2D eigenvalue weighted by Crippen LogP contribution is -2.28. The smallest absolute Gasteiger partial charge is 0.253 e. The van der Waals surface area contributed by atoms with Gasteiger partial charge in [0.1, 0.15) is 0 Å². The van der Waals surface area contributed by atoms with Crippen molar-refractivity contribution < 1.29 is 4.79 Å². The van der Waals surface area contributed by atoms with E-state index < -0.39 is 0 Å². The largest absolute Gasteiger partial charge is 0.345 e. The summed E-state index contributed by atoms with van der Waals surface area (Å²) in [6, 6.07) is 5.64. The second-order valence-corrected chi connectivity index (χ2v) is 5.30. The first kappa shape index (κ1) is 11.3. The van der Waals surface area contributed by atoms with Crippen molar-refractivity contribution in [2.45, 2.75) is 13.8 Å². The molecule has 18 heavy (non-hydrogen) atoms. The van der Waals surface area contributed by atoms with Crippen molar-refractivity contribution in [2.75, 3.05) is 13.1 Å². The van der Waals surface area contributed by atoms with E-state index in [0.717, 1.165) is 29.7 Å². The first-order valence-corrected chi connectivity index (χ1v) is 6.37. The summed E-state index contributed by atoms with van der Waals surface area (Å²) in [6.07, 6.45) is 1.65. The van der Waals surface area contributed by atoms with Gasteiger partial charge in [0.2, 0.25) is 0 Å². The van der Waals surface area contributed by atoms with Crippen molar-refractivity contribution in [3.05, 3.63) is 30.1 Å². The van der Waals surface area contributed by atoms with Gasteiger partial charge in [0.25, 0.3) is 5.91 Å². The number of fused-ring (bicyclic) bond motifs is 1. The second-order valence-electron chi connectivity index (χ2n) is 5.30. The minimum atomic E-state index is 0.128. The summed E-state index contributed by atoms with van der Waals surface area (Å²) in [5.41, 5.74) is 2.56. The molecule has 1 N–H and O–H groups in total. The van der Waals surface area contributed by atoms with Crippen molar-refractivity contribution in [1.82, 2.24) is 14.9 Å². The number of rotatable bonds is 1. The number of H-pyrrole nitrogens is 1. The monoisotopic (exact) mass is 243 g/mol. The van der Waals surface area contributed by atoms with Crippen LogP contribution in [0.15, 0.2) is 24.5 Å². The van der Waals surface area contributed by atoms with Gasteiger partial charge >= 0.3 is 0 Å². The Morgan fingerprint density at radius 3 is 2.78 bits per heavy atom. The van der Waals surface area contributed by atoms with Crippen LogP contribution in [0.3, 0.4) is 0 Å². The van der Waals surface area contributed by atoms with Crippen molar-refractivity contribution >= 4 is 16.9 Å². The van der Waals surface area contributed by atoms with Crippen LogP contribution in [0.25, 0.3) is 11.0 Å². The first-order chi connectivity index (χ1) is 8.65. The molecule has 1 fully saturated rings. The van der Waals surface area contributed by atoms with Gasteiger partial charge in [-0.25, -0.2) is 4.98 Å². The summed E-state index contributed by atoms with van der Waals surface area (Å²) in [5.74, 6) is 1.30. The molecular weight excluding hydrogens is 226 g/mol. The zero-order chi connectivity index (χ0) is 12.7. The van der Waals surface area contributed by atoms with Gasteiger partial charge in [0.15, 0.2) is 0 Å². The maximum absolute atomic E-state index is 12.4. The third kappa shape index (κ3) is 1.78. The topological polar surface area (TPSA) is 49.0 Å². The van der Waals surface area contributed by atoms with E-state index in [1.807, 2.05) is 23.1 Å². The van der Waals surface area contributed by atoms with Gasteiger partial charge in [-0.3, -0.25) is 4.79 Å². The minimum absolute atomic E-state index is 0.128. The standard InChI is InChI=1S/C14H17N3O/c1-9-6-17(7-10(9)2)14(18)11-3-4-12-13(5-11)16-8-15-12/h3-5,8-10H,6-7H2,1-2H3,(H,15,16). The average Bonchev–Trinajstić information content (AvgIpc) is 2.95. The Morgan fingerprint density at radius 2 is 2.06 bits per heavy atom. The molecular formula is C14H17N3O. The zero-order valence-electron chi connectivity index (χ0n) is 10.7. The van der Waals surface area contributed by atoms with Crippen molar-refractivity contribution in [2.24, 2.45) is 11.8 Å². The fourth-order valence-electron chi connectivity index (χ4n) is 2.55. The minimum Gasteiger partial charge on any atom is -0.345 e. The summed E-state index contributed by atoms with van der Waals surface area (Å²) in [6.45, 7) is 6.13. The molecule has 0 aliphatic carbocycles. The molecule has 2 heterocycles. The molecule has 0 bridgehead atoms. The summed E-state index contributed by atoms with van der Waals surface area (Å²) in [7, 11) is 0. The first-order valence-electron chi connectivity index (χ1n) is 6.37. The predicted octanol–water partition coefficient (Wildman–Crippen LogP) is 2.29. The molecule has 1 amide bonds. The molecule has 0 spiro atoms. The van der Waals surface area contributed by atoms with E-state index >= 15 is 0 Å². The number of aromatic nitrogens is 2. The molecule has 2 aromatic rings. The third-order valence-corrected chi connectivity index (χ3v) is 3.94. The molecule has 3 rings (SSSR count). The molecule has 4 heteroatoms. The second kappa shape index (κ2) is 4.12. The molecule has 1 aliphatic rings. The van der Waals surface area contributed by atoms with Gasteiger partial charge in [-0.1, -0.05) is 13.8 Å². The van der Waals surface area contributed by atoms with Crippen LogP contribution in [0.2, 0.25) is 0 Å². The van der Waals surface area contributed by atoms with Crippen LogP contribution in [-0.2, 0) is 0 Å². The maximum atomic E-state index is 12.4. The van der Waals surface area contributed by atoms with Crippen LogP contribution >= 0.6 is 0 Å². The van der Waals surface area contributed by atoms with E-state index in [4.69, 9.17) is 0 Å². The summed E-state index contributed by atoms with van der Waals surface area (Å²) in [5, 5.41) is 0. The number of likely N-dealkylation sites (tertiary alicyclic amines) is 1. The Balaban J connectivity index is 1.87. The van der Waals surface area contributed by atoms with Crippen LogP contribution in [0.5, 0.6) is 0 Å². The molecule has 1 aromatic carbocycles. The molecule has 1 aliphatic heterocycles. The Morgan fingerprint density at radius 1 is 1.33 bits per heavy atom. The molecule has 2 atom stereocenters. The van der Waals surface area contributed by atoms with Crippen molar-refractivity contribution in [1.29, 1.82) is 0 Å². The van der Waals surface area contributed by atoms with Crippen LogP contribution < -0.4 is 0 Å². The van der Waals surface area contributed by atoms with Crippen molar-refractivity contribution in [3.8, 4) is 0 Å². The molecule has 2 unspecified atom stereocenters. The van der Waals surface area contributed by atoms with E-state index in [-0.39, 0.29) is 5.91 Å². The molecule has 0 saturated carbocycles. The number of carbonyl (C=O) groups is 1. The molecule has 4 nitrogen and oxygen atoms in total. The average molecular weight is 243 g/mol. The number of amides is 1. The highest BCUT2D eigenvalue weighted by Crippen LogP contribution is 2.24. The predicted molar refractivity (Wildman–Crippen MR) is 70.3 cm³/mol. The van der Waals surface area contributed by atoms with Crippen LogP contribution in [0.4, 0.5) is 0 Å². The number of nitrogens with one attached hydrogen (secondary N) is 1. The van der Waals surface area contributed by atoms with Crippen molar-refractivity contribution in [3.63, 3.8) is 0 Å². The van der Waals surface area contributed by atoms with E-state index in [1.165, 1.54) is 0 Å². The maximum Gasteiger partial charge on any atom is 0.253 e. The van der Waals surface area contributed by atoms with E-state index in [9.17, 15) is 4.79 Å². The molecule has 94 valence electrons. The number of hydrogen-bond donors (Lipinski definition) is 1. The summed E-state index contributed by atoms with van der Waals surface area (Å²) < 4.78 is 0. The Kier molecular flexibility index (Phi) is 2.58. The highest BCUT2D eigenvalue weighted by molar-refractivity contribution is 5.97. The highest BCUT2D eigenvalue weighted by Gasteiger charge is 2.29. The summed E-state index contributed by atoms with van der Waals surface area (Å²) >= 11 is 0. The van der Waals surface area contributed by atoms with Gasteiger partial charge in [0.05, 0.1) is 17.4 Å². The fourth-order valence-corrected chi connectivity index (χ4v) is 2.55. The highest BCUT2D eigenvalue weighted by atomic mass is 16.2. The van der Waals surface area contributed by atoms with Crippen LogP contribution in [0, 0.1) is 11.8 Å². The van der Waals surface area contributed by atoms with Gasteiger partial charge in [0, 0.05) is 18.7 Å². The summed E-state index contributed by atoms with van der Waals surface area (Å²) in [4.78, 5) is 21.5. The Hall–Kier alpha value is -1.84. The van der Waals surface area contributed by atoms with Gasteiger partial charge in [-0.15, -0.1) is 0 Å². The van der Waals surface area contributed by atoms with Gasteiger partial charge < -0.3 is 9.88 Å². The van der Waals surface area contributed by atoms with Gasteiger partial charge in [-0.05, 0) is 30.0 Å². The Bertz CT molecular complexity index is 579. The van der Waals surface area contributed by atoms with Crippen LogP contribution in [-0.4, -0.2) is 33.9 Å². The zero-order valence-corrected chi connectivity index (χ0v) is 10.7. The van der Waals surface area contributed by atoms with Crippen LogP contribution in [0.1, 0.15) is 24.2 Å². The quantitative estimate of drug-likeness (QED) is 0.835. The number of carbonyl (C=O) groups excluding carboxylic acids is 1. The SMILES string of the molecule is CC1CN(C(=O)c2ccc3nc[nH]c3c2)CC1C. The van der Waals surface area contributed by atoms with E-state index in [1.54, 1.807) is 6.33 Å². The van der Waals surface area contributed by atoms with Gasteiger partial charge in [-0.2, -0.15) is 0 Å². The number of hydrogen-bond acceptors (Lipinski definition) is 2.